The predicted octanol–water partition coefficient (Wildman–Crippen LogP) is 6.01. The summed E-state index contributed by atoms with van der Waals surface area (Å²) in [5.74, 6) is 0.0535. The first-order chi connectivity index (χ1) is 9.47. The van der Waals surface area contributed by atoms with Crippen LogP contribution in [-0.4, -0.2) is 11.0 Å². The molecule has 5 heteroatoms. The van der Waals surface area contributed by atoms with Gasteiger partial charge in [-0.1, -0.05) is 34.8 Å². The third kappa shape index (κ3) is 3.92. The molecular formula is C15H11Cl3OS. The van der Waals surface area contributed by atoms with E-state index >= 15 is 0 Å². The number of ketones is 1. The van der Waals surface area contributed by atoms with Crippen molar-refractivity contribution in [1.82, 2.24) is 0 Å². The number of carbonyl (C=O) groups excluding carboxylic acids is 1. The van der Waals surface area contributed by atoms with Crippen LogP contribution in [0.15, 0.2) is 47.4 Å². The zero-order valence-electron chi connectivity index (χ0n) is 10.6. The van der Waals surface area contributed by atoms with Gasteiger partial charge < -0.3 is 0 Å². The Balaban J connectivity index is 2.11. The Hall–Kier alpha value is -0.670. The molecule has 0 fully saturated rings. The predicted molar refractivity (Wildman–Crippen MR) is 87.6 cm³/mol. The molecule has 1 atom stereocenters. The van der Waals surface area contributed by atoms with Gasteiger partial charge in [-0.15, -0.1) is 11.8 Å². The number of benzene rings is 2. The Kier molecular flexibility index (Phi) is 5.39. The van der Waals surface area contributed by atoms with Crippen LogP contribution in [0.2, 0.25) is 15.1 Å². The summed E-state index contributed by atoms with van der Waals surface area (Å²) < 4.78 is 0. The zero-order valence-corrected chi connectivity index (χ0v) is 13.7. The maximum Gasteiger partial charge on any atom is 0.175 e. The molecule has 0 saturated carbocycles. The number of thioether (sulfide) groups is 1. The molecule has 0 aliphatic carbocycles. The number of Topliss-reactive ketones (excluding diaryl/α,β-unsaturated/α-hetero) is 1. The topological polar surface area (TPSA) is 17.1 Å². The quantitative estimate of drug-likeness (QED) is 0.498. The highest BCUT2D eigenvalue weighted by atomic mass is 35.5. The van der Waals surface area contributed by atoms with Gasteiger partial charge in [0.05, 0.1) is 15.3 Å². The monoisotopic (exact) mass is 344 g/mol. The molecule has 0 spiro atoms. The van der Waals surface area contributed by atoms with E-state index in [1.807, 2.05) is 13.0 Å². The number of halogens is 3. The molecule has 0 aliphatic rings. The van der Waals surface area contributed by atoms with Gasteiger partial charge in [-0.25, -0.2) is 0 Å². The van der Waals surface area contributed by atoms with Crippen LogP contribution in [0.4, 0.5) is 0 Å². The van der Waals surface area contributed by atoms with Gasteiger partial charge in [0, 0.05) is 15.5 Å². The number of carbonyl (C=O) groups is 1. The molecular weight excluding hydrogens is 335 g/mol. The van der Waals surface area contributed by atoms with Crippen molar-refractivity contribution in [3.8, 4) is 0 Å². The molecule has 104 valence electrons. The van der Waals surface area contributed by atoms with Crippen LogP contribution in [0.1, 0.15) is 17.3 Å². The molecule has 0 N–H and O–H groups in total. The second-order valence-electron chi connectivity index (χ2n) is 4.21. The molecule has 20 heavy (non-hydrogen) atoms. The molecule has 0 heterocycles. The molecule has 0 aromatic heterocycles. The molecule has 2 aromatic rings. The minimum absolute atomic E-state index is 0.0535. The summed E-state index contributed by atoms with van der Waals surface area (Å²) in [4.78, 5) is 13.2. The average Bonchev–Trinajstić information content (AvgIpc) is 2.43. The van der Waals surface area contributed by atoms with Gasteiger partial charge in [-0.2, -0.15) is 0 Å². The first-order valence-electron chi connectivity index (χ1n) is 5.89. The lowest BCUT2D eigenvalue weighted by molar-refractivity contribution is 0.0994. The minimum Gasteiger partial charge on any atom is -0.293 e. The Morgan fingerprint density at radius 3 is 2.25 bits per heavy atom. The molecule has 1 unspecified atom stereocenters. The summed E-state index contributed by atoms with van der Waals surface area (Å²) in [7, 11) is 0. The third-order valence-corrected chi connectivity index (χ3v) is 4.79. The summed E-state index contributed by atoms with van der Waals surface area (Å²) in [6, 6.07) is 12.2. The number of hydrogen-bond donors (Lipinski definition) is 0. The lowest BCUT2D eigenvalue weighted by atomic mass is 10.1. The lowest BCUT2D eigenvalue weighted by Crippen LogP contribution is -2.13. The standard InChI is InChI=1S/C15H11Cl3OS/c1-9(15(19)10-2-4-11(16)5-3-10)20-12-6-7-13(17)14(18)8-12/h2-9H,1H3. The van der Waals surface area contributed by atoms with Crippen molar-refractivity contribution in [2.24, 2.45) is 0 Å². The van der Waals surface area contributed by atoms with E-state index in [2.05, 4.69) is 0 Å². The van der Waals surface area contributed by atoms with Crippen molar-refractivity contribution in [1.29, 1.82) is 0 Å². The van der Waals surface area contributed by atoms with Gasteiger partial charge in [0.25, 0.3) is 0 Å². The molecule has 0 saturated heterocycles. The van der Waals surface area contributed by atoms with Gasteiger partial charge in [0.15, 0.2) is 5.78 Å². The van der Waals surface area contributed by atoms with Gasteiger partial charge in [0.1, 0.15) is 0 Å². The van der Waals surface area contributed by atoms with Crippen LogP contribution >= 0.6 is 46.6 Å². The van der Waals surface area contributed by atoms with E-state index in [1.54, 1.807) is 36.4 Å². The zero-order chi connectivity index (χ0) is 14.7. The third-order valence-electron chi connectivity index (χ3n) is 2.70. The summed E-state index contributed by atoms with van der Waals surface area (Å²) in [6.45, 7) is 1.87. The highest BCUT2D eigenvalue weighted by molar-refractivity contribution is 8.00. The highest BCUT2D eigenvalue weighted by Gasteiger charge is 2.16. The molecule has 2 rings (SSSR count). The molecule has 0 amide bonds. The van der Waals surface area contributed by atoms with E-state index in [9.17, 15) is 4.79 Å². The maximum atomic E-state index is 12.3. The highest BCUT2D eigenvalue weighted by Crippen LogP contribution is 2.31. The van der Waals surface area contributed by atoms with Crippen molar-refractivity contribution in [2.45, 2.75) is 17.1 Å². The smallest absolute Gasteiger partial charge is 0.175 e. The van der Waals surface area contributed by atoms with Crippen molar-refractivity contribution >= 4 is 52.3 Å². The Bertz CT molecular complexity index is 626. The summed E-state index contributed by atoms with van der Waals surface area (Å²) in [6.07, 6.45) is 0. The van der Waals surface area contributed by atoms with Gasteiger partial charge in [-0.05, 0) is 49.4 Å². The van der Waals surface area contributed by atoms with E-state index in [0.717, 1.165) is 4.90 Å². The van der Waals surface area contributed by atoms with Crippen molar-refractivity contribution in [3.63, 3.8) is 0 Å². The van der Waals surface area contributed by atoms with Gasteiger partial charge in [0.2, 0.25) is 0 Å². The van der Waals surface area contributed by atoms with E-state index in [4.69, 9.17) is 34.8 Å². The Morgan fingerprint density at radius 1 is 1.00 bits per heavy atom. The van der Waals surface area contributed by atoms with E-state index in [1.165, 1.54) is 11.8 Å². The minimum atomic E-state index is -0.214. The van der Waals surface area contributed by atoms with Crippen molar-refractivity contribution < 1.29 is 4.79 Å². The first kappa shape index (κ1) is 15.7. The van der Waals surface area contributed by atoms with E-state index in [0.29, 0.717) is 20.6 Å². The van der Waals surface area contributed by atoms with Crippen molar-refractivity contribution in [2.75, 3.05) is 0 Å². The Morgan fingerprint density at radius 2 is 1.65 bits per heavy atom. The normalized spacial score (nSPS) is 12.2. The molecule has 0 bridgehead atoms. The fraction of sp³-hybridized carbons (Fsp3) is 0.133. The fourth-order valence-electron chi connectivity index (χ4n) is 1.66. The molecule has 2 aromatic carbocycles. The van der Waals surface area contributed by atoms with Crippen molar-refractivity contribution in [3.05, 3.63) is 63.1 Å². The molecule has 1 nitrogen and oxygen atoms in total. The Labute approximate surface area is 137 Å². The average molecular weight is 346 g/mol. The van der Waals surface area contributed by atoms with Crippen LogP contribution in [-0.2, 0) is 0 Å². The summed E-state index contributed by atoms with van der Waals surface area (Å²) in [5.41, 5.74) is 0.648. The van der Waals surface area contributed by atoms with Crippen LogP contribution in [0.3, 0.4) is 0 Å². The molecule has 0 aliphatic heterocycles. The van der Waals surface area contributed by atoms with Gasteiger partial charge in [-0.3, -0.25) is 4.79 Å². The maximum absolute atomic E-state index is 12.3. The van der Waals surface area contributed by atoms with Crippen LogP contribution in [0.5, 0.6) is 0 Å². The van der Waals surface area contributed by atoms with Crippen LogP contribution in [0, 0.1) is 0 Å². The summed E-state index contributed by atoms with van der Waals surface area (Å²) in [5, 5.41) is 1.40. The fourth-order valence-corrected chi connectivity index (χ4v) is 3.13. The SMILES string of the molecule is CC(Sc1ccc(Cl)c(Cl)c1)C(=O)c1ccc(Cl)cc1. The summed E-state index contributed by atoms with van der Waals surface area (Å²) >= 11 is 19.1. The van der Waals surface area contributed by atoms with Crippen LogP contribution in [0.25, 0.3) is 0 Å². The second-order valence-corrected chi connectivity index (χ2v) is 6.87. The second kappa shape index (κ2) is 6.86. The first-order valence-corrected chi connectivity index (χ1v) is 7.90. The number of rotatable bonds is 4. The van der Waals surface area contributed by atoms with Gasteiger partial charge >= 0.3 is 0 Å². The van der Waals surface area contributed by atoms with Crippen LogP contribution < -0.4 is 0 Å². The van der Waals surface area contributed by atoms with E-state index < -0.39 is 0 Å². The largest absolute Gasteiger partial charge is 0.293 e. The number of hydrogen-bond acceptors (Lipinski definition) is 2. The van der Waals surface area contributed by atoms with E-state index in [-0.39, 0.29) is 11.0 Å². The lowest BCUT2D eigenvalue weighted by Gasteiger charge is -2.11. The molecule has 0 radical (unpaired) electrons.